The molecule has 0 fully saturated rings. The van der Waals surface area contributed by atoms with Crippen LogP contribution in [0.15, 0.2) is 29.3 Å². The Morgan fingerprint density at radius 3 is 2.76 bits per heavy atom. The SMILES string of the molecule is COc1ccc(Cc2nc3nc[nH]c3c(=O)[nH]2)cc1OC. The number of H-pyrrole nitrogens is 2. The van der Waals surface area contributed by atoms with Crippen molar-refractivity contribution in [2.24, 2.45) is 0 Å². The molecule has 1 aromatic carbocycles. The minimum atomic E-state index is -0.229. The number of rotatable bonds is 4. The number of hydrogen-bond donors (Lipinski definition) is 2. The van der Waals surface area contributed by atoms with E-state index in [2.05, 4.69) is 19.9 Å². The quantitative estimate of drug-likeness (QED) is 0.753. The monoisotopic (exact) mass is 286 g/mol. The molecule has 0 spiro atoms. The van der Waals surface area contributed by atoms with Gasteiger partial charge in [0.25, 0.3) is 5.56 Å². The molecule has 2 aromatic heterocycles. The summed E-state index contributed by atoms with van der Waals surface area (Å²) in [5, 5.41) is 0. The van der Waals surface area contributed by atoms with Crippen molar-refractivity contribution in [1.82, 2.24) is 19.9 Å². The second kappa shape index (κ2) is 5.28. The highest BCUT2D eigenvalue weighted by Crippen LogP contribution is 2.28. The highest BCUT2D eigenvalue weighted by Gasteiger charge is 2.09. The summed E-state index contributed by atoms with van der Waals surface area (Å²) in [7, 11) is 3.17. The van der Waals surface area contributed by atoms with Crippen LogP contribution in [0.1, 0.15) is 11.4 Å². The van der Waals surface area contributed by atoms with Gasteiger partial charge in [-0.2, -0.15) is 0 Å². The van der Waals surface area contributed by atoms with E-state index in [1.165, 1.54) is 6.33 Å². The summed E-state index contributed by atoms with van der Waals surface area (Å²) in [6, 6.07) is 5.57. The Morgan fingerprint density at radius 2 is 2.00 bits per heavy atom. The predicted octanol–water partition coefficient (Wildman–Crippen LogP) is 1.25. The zero-order chi connectivity index (χ0) is 14.8. The first-order valence-corrected chi connectivity index (χ1v) is 6.34. The summed E-state index contributed by atoms with van der Waals surface area (Å²) in [4.78, 5) is 25.7. The molecule has 2 N–H and O–H groups in total. The molecule has 2 heterocycles. The van der Waals surface area contributed by atoms with Gasteiger partial charge in [-0.1, -0.05) is 6.07 Å². The number of nitrogens with one attached hydrogen (secondary N) is 2. The van der Waals surface area contributed by atoms with Gasteiger partial charge in [-0.15, -0.1) is 0 Å². The van der Waals surface area contributed by atoms with Crippen LogP contribution in [0.5, 0.6) is 11.5 Å². The van der Waals surface area contributed by atoms with E-state index in [0.717, 1.165) is 5.56 Å². The molecule has 7 nitrogen and oxygen atoms in total. The Morgan fingerprint density at radius 1 is 1.19 bits per heavy atom. The van der Waals surface area contributed by atoms with E-state index in [1.54, 1.807) is 14.2 Å². The van der Waals surface area contributed by atoms with Gasteiger partial charge in [-0.3, -0.25) is 4.79 Å². The second-order valence-corrected chi connectivity index (χ2v) is 4.48. The summed E-state index contributed by atoms with van der Waals surface area (Å²) in [6.07, 6.45) is 1.92. The maximum absolute atomic E-state index is 11.9. The van der Waals surface area contributed by atoms with Crippen molar-refractivity contribution in [3.63, 3.8) is 0 Å². The summed E-state index contributed by atoms with van der Waals surface area (Å²) < 4.78 is 10.5. The lowest BCUT2D eigenvalue weighted by Gasteiger charge is -2.09. The van der Waals surface area contributed by atoms with E-state index in [1.807, 2.05) is 18.2 Å². The molecular weight excluding hydrogens is 272 g/mol. The molecule has 3 aromatic rings. The second-order valence-electron chi connectivity index (χ2n) is 4.48. The molecule has 0 saturated heterocycles. The maximum Gasteiger partial charge on any atom is 0.276 e. The molecular formula is C14H14N4O3. The number of aromatic amines is 2. The van der Waals surface area contributed by atoms with E-state index in [-0.39, 0.29) is 5.56 Å². The van der Waals surface area contributed by atoms with E-state index in [4.69, 9.17) is 9.47 Å². The van der Waals surface area contributed by atoms with E-state index in [9.17, 15) is 4.79 Å². The molecule has 0 unspecified atom stereocenters. The first-order valence-electron chi connectivity index (χ1n) is 6.34. The third-order valence-corrected chi connectivity index (χ3v) is 3.16. The Hall–Kier alpha value is -2.83. The van der Waals surface area contributed by atoms with Crippen LogP contribution in [0.25, 0.3) is 11.2 Å². The highest BCUT2D eigenvalue weighted by molar-refractivity contribution is 5.68. The van der Waals surface area contributed by atoms with Crippen LogP contribution >= 0.6 is 0 Å². The zero-order valence-corrected chi connectivity index (χ0v) is 11.6. The summed E-state index contributed by atoms with van der Waals surface area (Å²) in [5.74, 6) is 1.84. The molecule has 21 heavy (non-hydrogen) atoms. The highest BCUT2D eigenvalue weighted by atomic mass is 16.5. The third-order valence-electron chi connectivity index (χ3n) is 3.16. The Kier molecular flexibility index (Phi) is 3.31. The molecule has 3 rings (SSSR count). The van der Waals surface area contributed by atoms with Crippen LogP contribution in [-0.2, 0) is 6.42 Å². The Balaban J connectivity index is 1.96. The lowest BCUT2D eigenvalue weighted by molar-refractivity contribution is 0.354. The van der Waals surface area contributed by atoms with Gasteiger partial charge in [-0.05, 0) is 17.7 Å². The number of imidazole rings is 1. The third kappa shape index (κ3) is 2.45. The lowest BCUT2D eigenvalue weighted by atomic mass is 10.1. The molecule has 0 bridgehead atoms. The average molecular weight is 286 g/mol. The molecule has 0 aliphatic heterocycles. The van der Waals surface area contributed by atoms with E-state index in [0.29, 0.717) is 34.9 Å². The van der Waals surface area contributed by atoms with Crippen molar-refractivity contribution in [1.29, 1.82) is 0 Å². The van der Waals surface area contributed by atoms with Gasteiger partial charge in [0.15, 0.2) is 22.7 Å². The number of nitrogens with zero attached hydrogens (tertiary/aromatic N) is 2. The Labute approximate surface area is 120 Å². The summed E-state index contributed by atoms with van der Waals surface area (Å²) >= 11 is 0. The minimum absolute atomic E-state index is 0.229. The smallest absolute Gasteiger partial charge is 0.276 e. The van der Waals surface area contributed by atoms with Crippen LogP contribution in [0.3, 0.4) is 0 Å². The topological polar surface area (TPSA) is 92.9 Å². The van der Waals surface area contributed by atoms with Gasteiger partial charge < -0.3 is 19.4 Å². The molecule has 0 atom stereocenters. The number of aromatic nitrogens is 4. The first-order chi connectivity index (χ1) is 10.2. The van der Waals surface area contributed by atoms with Gasteiger partial charge in [-0.25, -0.2) is 9.97 Å². The maximum atomic E-state index is 11.9. The van der Waals surface area contributed by atoms with Crippen LogP contribution in [-0.4, -0.2) is 34.2 Å². The van der Waals surface area contributed by atoms with Gasteiger partial charge in [0, 0.05) is 6.42 Å². The number of fused-ring (bicyclic) bond motifs is 1. The van der Waals surface area contributed by atoms with E-state index >= 15 is 0 Å². The Bertz CT molecular complexity index is 838. The van der Waals surface area contributed by atoms with Crippen molar-refractivity contribution in [2.45, 2.75) is 6.42 Å². The lowest BCUT2D eigenvalue weighted by Crippen LogP contribution is -2.12. The van der Waals surface area contributed by atoms with Crippen LogP contribution in [0.2, 0.25) is 0 Å². The van der Waals surface area contributed by atoms with Gasteiger partial charge in [0.2, 0.25) is 0 Å². The molecule has 0 aliphatic carbocycles. The number of methoxy groups -OCH3 is 2. The fourth-order valence-electron chi connectivity index (χ4n) is 2.16. The zero-order valence-electron chi connectivity index (χ0n) is 11.6. The number of hydrogen-bond acceptors (Lipinski definition) is 5. The summed E-state index contributed by atoms with van der Waals surface area (Å²) in [6.45, 7) is 0. The van der Waals surface area contributed by atoms with Gasteiger partial charge in [0.05, 0.1) is 20.5 Å². The number of benzene rings is 1. The predicted molar refractivity (Wildman–Crippen MR) is 76.9 cm³/mol. The van der Waals surface area contributed by atoms with Crippen molar-refractivity contribution in [3.8, 4) is 11.5 Å². The molecule has 0 amide bonds. The summed E-state index contributed by atoms with van der Waals surface area (Å²) in [5.41, 5.74) is 1.51. The van der Waals surface area contributed by atoms with Crippen LogP contribution in [0.4, 0.5) is 0 Å². The minimum Gasteiger partial charge on any atom is -0.493 e. The largest absolute Gasteiger partial charge is 0.493 e. The molecule has 0 aliphatic rings. The van der Waals surface area contributed by atoms with Crippen LogP contribution in [0, 0.1) is 0 Å². The van der Waals surface area contributed by atoms with Crippen molar-refractivity contribution in [2.75, 3.05) is 14.2 Å². The number of ether oxygens (including phenoxy) is 2. The molecule has 0 saturated carbocycles. The standard InChI is InChI=1S/C14H14N4O3/c1-20-9-4-3-8(5-10(9)21-2)6-11-17-13-12(14(19)18-11)15-7-16-13/h3-5,7H,6H2,1-2H3,(H2,15,16,17,18,19). The molecule has 7 heteroatoms. The van der Waals surface area contributed by atoms with Crippen molar-refractivity contribution in [3.05, 3.63) is 46.3 Å². The van der Waals surface area contributed by atoms with Crippen molar-refractivity contribution >= 4 is 11.2 Å². The van der Waals surface area contributed by atoms with Crippen LogP contribution < -0.4 is 15.0 Å². The normalized spacial score (nSPS) is 10.8. The molecule has 108 valence electrons. The molecule has 0 radical (unpaired) electrons. The average Bonchev–Trinajstić information content (AvgIpc) is 2.96. The van der Waals surface area contributed by atoms with Crippen molar-refractivity contribution < 1.29 is 9.47 Å². The van der Waals surface area contributed by atoms with E-state index < -0.39 is 0 Å². The van der Waals surface area contributed by atoms with Gasteiger partial charge in [0.1, 0.15) is 5.82 Å². The first kappa shape index (κ1) is 13.2. The fraction of sp³-hybridized carbons (Fsp3) is 0.214. The fourth-order valence-corrected chi connectivity index (χ4v) is 2.16. The van der Waals surface area contributed by atoms with Gasteiger partial charge >= 0.3 is 0 Å².